The molecule has 1 aromatic heterocycles. The Kier molecular flexibility index (Phi) is 3.19. The van der Waals surface area contributed by atoms with Crippen molar-refractivity contribution < 1.29 is 4.79 Å². The Hall–Kier alpha value is -2.16. The van der Waals surface area contributed by atoms with Gasteiger partial charge in [-0.25, -0.2) is 0 Å². The van der Waals surface area contributed by atoms with Gasteiger partial charge in [-0.05, 0) is 19.1 Å². The molecule has 0 radical (unpaired) electrons. The quantitative estimate of drug-likeness (QED) is 0.817. The van der Waals surface area contributed by atoms with Crippen molar-refractivity contribution in [3.05, 3.63) is 54.7 Å². The molecular weight excluding hydrogens is 212 g/mol. The molecule has 86 valence electrons. The summed E-state index contributed by atoms with van der Waals surface area (Å²) < 4.78 is 0. The van der Waals surface area contributed by atoms with E-state index >= 15 is 0 Å². The Morgan fingerprint density at radius 1 is 1.41 bits per heavy atom. The SMILES string of the molecule is C=CC(=O)NC(C)c1cccc2cccnc12. The van der Waals surface area contributed by atoms with Gasteiger partial charge >= 0.3 is 0 Å². The number of carbonyl (C=O) groups is 1. The average molecular weight is 226 g/mol. The summed E-state index contributed by atoms with van der Waals surface area (Å²) in [5.74, 6) is -0.176. The molecule has 0 saturated heterocycles. The van der Waals surface area contributed by atoms with Gasteiger partial charge in [0, 0.05) is 17.1 Å². The molecule has 1 unspecified atom stereocenters. The summed E-state index contributed by atoms with van der Waals surface area (Å²) in [5, 5.41) is 3.91. The summed E-state index contributed by atoms with van der Waals surface area (Å²) in [6.07, 6.45) is 3.03. The van der Waals surface area contributed by atoms with Crippen LogP contribution < -0.4 is 5.32 Å². The Morgan fingerprint density at radius 2 is 2.18 bits per heavy atom. The second kappa shape index (κ2) is 4.78. The number of aromatic nitrogens is 1. The third kappa shape index (κ3) is 2.33. The van der Waals surface area contributed by atoms with E-state index in [1.807, 2.05) is 37.3 Å². The van der Waals surface area contributed by atoms with E-state index in [1.165, 1.54) is 6.08 Å². The highest BCUT2D eigenvalue weighted by Crippen LogP contribution is 2.21. The first-order valence-electron chi connectivity index (χ1n) is 5.49. The second-order valence-electron chi connectivity index (χ2n) is 3.86. The zero-order chi connectivity index (χ0) is 12.3. The van der Waals surface area contributed by atoms with Crippen LogP contribution in [-0.4, -0.2) is 10.9 Å². The van der Waals surface area contributed by atoms with Crippen LogP contribution in [0.25, 0.3) is 10.9 Å². The van der Waals surface area contributed by atoms with Gasteiger partial charge in [0.25, 0.3) is 0 Å². The van der Waals surface area contributed by atoms with Crippen LogP contribution in [0.5, 0.6) is 0 Å². The molecule has 3 heteroatoms. The molecule has 2 rings (SSSR count). The molecule has 17 heavy (non-hydrogen) atoms. The molecule has 0 spiro atoms. The highest BCUT2D eigenvalue weighted by Gasteiger charge is 2.10. The highest BCUT2D eigenvalue weighted by molar-refractivity contribution is 5.88. The molecule has 1 amide bonds. The highest BCUT2D eigenvalue weighted by atomic mass is 16.1. The smallest absolute Gasteiger partial charge is 0.243 e. The van der Waals surface area contributed by atoms with Crippen LogP contribution in [0.3, 0.4) is 0 Å². The van der Waals surface area contributed by atoms with Crippen molar-refractivity contribution in [2.24, 2.45) is 0 Å². The first-order valence-corrected chi connectivity index (χ1v) is 5.49. The van der Waals surface area contributed by atoms with Crippen molar-refractivity contribution in [2.75, 3.05) is 0 Å². The van der Waals surface area contributed by atoms with Gasteiger partial charge in [0.2, 0.25) is 5.91 Å². The zero-order valence-corrected chi connectivity index (χ0v) is 9.68. The molecule has 3 nitrogen and oxygen atoms in total. The minimum absolute atomic E-state index is 0.0842. The zero-order valence-electron chi connectivity index (χ0n) is 9.68. The lowest BCUT2D eigenvalue weighted by Gasteiger charge is -2.14. The van der Waals surface area contributed by atoms with Crippen LogP contribution in [0.1, 0.15) is 18.5 Å². The molecule has 1 atom stereocenters. The lowest BCUT2D eigenvalue weighted by Crippen LogP contribution is -2.24. The summed E-state index contributed by atoms with van der Waals surface area (Å²) in [7, 11) is 0. The number of carbonyl (C=O) groups excluding carboxylic acids is 1. The van der Waals surface area contributed by atoms with Crippen molar-refractivity contribution in [3.63, 3.8) is 0 Å². The number of fused-ring (bicyclic) bond motifs is 1. The Labute approximate surface area is 100 Å². The predicted molar refractivity (Wildman–Crippen MR) is 68.5 cm³/mol. The third-order valence-electron chi connectivity index (χ3n) is 2.67. The fraction of sp³-hybridized carbons (Fsp3) is 0.143. The van der Waals surface area contributed by atoms with Gasteiger partial charge in [-0.3, -0.25) is 9.78 Å². The molecule has 0 aliphatic carbocycles. The molecule has 2 aromatic rings. The van der Waals surface area contributed by atoms with Crippen LogP contribution >= 0.6 is 0 Å². The minimum atomic E-state index is -0.176. The standard InChI is InChI=1S/C14H14N2O/c1-3-13(17)16-10(2)12-8-4-6-11-7-5-9-15-14(11)12/h3-10H,1H2,2H3,(H,16,17). The van der Waals surface area contributed by atoms with Gasteiger partial charge in [-0.2, -0.15) is 0 Å². The van der Waals surface area contributed by atoms with Crippen LogP contribution in [0.4, 0.5) is 0 Å². The molecule has 1 heterocycles. The maximum absolute atomic E-state index is 11.3. The van der Waals surface area contributed by atoms with Crippen molar-refractivity contribution in [2.45, 2.75) is 13.0 Å². The van der Waals surface area contributed by atoms with Crippen molar-refractivity contribution in [1.82, 2.24) is 10.3 Å². The van der Waals surface area contributed by atoms with Gasteiger partial charge in [0.15, 0.2) is 0 Å². The van der Waals surface area contributed by atoms with E-state index in [0.717, 1.165) is 16.5 Å². The molecule has 0 bridgehead atoms. The number of amides is 1. The molecule has 0 fully saturated rings. The third-order valence-corrected chi connectivity index (χ3v) is 2.67. The first-order chi connectivity index (χ1) is 8.22. The normalized spacial score (nSPS) is 12.1. The summed E-state index contributed by atoms with van der Waals surface area (Å²) in [6.45, 7) is 5.38. The van der Waals surface area contributed by atoms with Gasteiger partial charge in [0.1, 0.15) is 0 Å². The number of nitrogens with zero attached hydrogens (tertiary/aromatic N) is 1. The van der Waals surface area contributed by atoms with E-state index < -0.39 is 0 Å². The van der Waals surface area contributed by atoms with E-state index in [-0.39, 0.29) is 11.9 Å². The van der Waals surface area contributed by atoms with Crippen LogP contribution in [0, 0.1) is 0 Å². The Morgan fingerprint density at radius 3 is 2.94 bits per heavy atom. The van der Waals surface area contributed by atoms with E-state index in [2.05, 4.69) is 16.9 Å². The number of para-hydroxylation sites is 1. The van der Waals surface area contributed by atoms with Crippen molar-refractivity contribution in [1.29, 1.82) is 0 Å². The lowest BCUT2D eigenvalue weighted by molar-refractivity contribution is -0.117. The van der Waals surface area contributed by atoms with Gasteiger partial charge in [-0.15, -0.1) is 0 Å². The Bertz CT molecular complexity index is 558. The van der Waals surface area contributed by atoms with Crippen LogP contribution in [-0.2, 0) is 4.79 Å². The summed E-state index contributed by atoms with van der Waals surface area (Å²) in [4.78, 5) is 15.6. The number of hydrogen-bond donors (Lipinski definition) is 1. The average Bonchev–Trinajstić information content (AvgIpc) is 2.37. The number of rotatable bonds is 3. The van der Waals surface area contributed by atoms with Crippen molar-refractivity contribution in [3.8, 4) is 0 Å². The van der Waals surface area contributed by atoms with Crippen LogP contribution in [0.15, 0.2) is 49.2 Å². The number of benzene rings is 1. The number of hydrogen-bond acceptors (Lipinski definition) is 2. The number of pyridine rings is 1. The topological polar surface area (TPSA) is 42.0 Å². The lowest BCUT2D eigenvalue weighted by atomic mass is 10.0. The fourth-order valence-corrected chi connectivity index (χ4v) is 1.83. The van der Waals surface area contributed by atoms with Gasteiger partial charge in [0.05, 0.1) is 11.6 Å². The molecule has 1 aromatic carbocycles. The van der Waals surface area contributed by atoms with Gasteiger partial charge < -0.3 is 5.32 Å². The maximum atomic E-state index is 11.3. The molecule has 0 aliphatic rings. The van der Waals surface area contributed by atoms with Crippen molar-refractivity contribution >= 4 is 16.8 Å². The van der Waals surface area contributed by atoms with Crippen LogP contribution in [0.2, 0.25) is 0 Å². The fourth-order valence-electron chi connectivity index (χ4n) is 1.83. The minimum Gasteiger partial charge on any atom is -0.346 e. The first kappa shape index (κ1) is 11.3. The Balaban J connectivity index is 2.41. The van der Waals surface area contributed by atoms with E-state index in [4.69, 9.17) is 0 Å². The summed E-state index contributed by atoms with van der Waals surface area (Å²) >= 11 is 0. The summed E-state index contributed by atoms with van der Waals surface area (Å²) in [6, 6.07) is 9.78. The second-order valence-corrected chi connectivity index (χ2v) is 3.86. The predicted octanol–water partition coefficient (Wildman–Crippen LogP) is 2.60. The maximum Gasteiger partial charge on any atom is 0.243 e. The molecule has 0 aliphatic heterocycles. The van der Waals surface area contributed by atoms with Gasteiger partial charge in [-0.1, -0.05) is 30.8 Å². The summed E-state index contributed by atoms with van der Waals surface area (Å²) in [5.41, 5.74) is 1.94. The van der Waals surface area contributed by atoms with E-state index in [9.17, 15) is 4.79 Å². The van der Waals surface area contributed by atoms with E-state index in [1.54, 1.807) is 6.20 Å². The monoisotopic (exact) mass is 226 g/mol. The largest absolute Gasteiger partial charge is 0.346 e. The molecule has 0 saturated carbocycles. The van der Waals surface area contributed by atoms with E-state index in [0.29, 0.717) is 0 Å². The molecule has 1 N–H and O–H groups in total. The number of nitrogens with one attached hydrogen (secondary N) is 1. The molecular formula is C14H14N2O.